The second kappa shape index (κ2) is 8.11. The Morgan fingerprint density at radius 2 is 2.25 bits per heavy atom. The normalized spacial score (nSPS) is 24.6. The number of aromatic nitrogens is 1. The number of rotatable bonds is 5. The molecule has 2 heterocycles. The van der Waals surface area contributed by atoms with Gasteiger partial charge in [0.15, 0.2) is 0 Å². The van der Waals surface area contributed by atoms with E-state index in [4.69, 9.17) is 0 Å². The van der Waals surface area contributed by atoms with Crippen LogP contribution >= 0.6 is 15.9 Å². The van der Waals surface area contributed by atoms with Crippen LogP contribution in [0.1, 0.15) is 44.3 Å². The van der Waals surface area contributed by atoms with Crippen LogP contribution in [0.2, 0.25) is 0 Å². The highest BCUT2D eigenvalue weighted by Crippen LogP contribution is 2.33. The molecular weight excluding hydrogens is 314 g/mol. The lowest BCUT2D eigenvalue weighted by Gasteiger charge is -2.32. The monoisotopic (exact) mass is 339 g/mol. The Kier molecular flexibility index (Phi) is 6.46. The van der Waals surface area contributed by atoms with Gasteiger partial charge in [-0.2, -0.15) is 0 Å². The molecule has 4 heteroatoms. The van der Waals surface area contributed by atoms with E-state index in [2.05, 4.69) is 57.2 Å². The third-order valence-electron chi connectivity index (χ3n) is 4.14. The summed E-state index contributed by atoms with van der Waals surface area (Å²) in [6.07, 6.45) is 7.04. The minimum atomic E-state index is 0.440. The molecule has 1 aromatic rings. The minimum Gasteiger partial charge on any atom is -0.316 e. The van der Waals surface area contributed by atoms with Gasteiger partial charge in [-0.25, -0.2) is 0 Å². The first-order valence-electron chi connectivity index (χ1n) is 7.74. The van der Waals surface area contributed by atoms with E-state index in [1.165, 1.54) is 37.9 Å². The predicted octanol–water partition coefficient (Wildman–Crippen LogP) is 3.62. The summed E-state index contributed by atoms with van der Waals surface area (Å²) in [5.74, 6) is 0.655. The van der Waals surface area contributed by atoms with Gasteiger partial charge in [0.1, 0.15) is 0 Å². The molecule has 1 aliphatic rings. The van der Waals surface area contributed by atoms with E-state index >= 15 is 0 Å². The largest absolute Gasteiger partial charge is 0.316 e. The molecule has 3 nitrogen and oxygen atoms in total. The zero-order chi connectivity index (χ0) is 14.4. The fourth-order valence-electron chi connectivity index (χ4n) is 3.13. The van der Waals surface area contributed by atoms with Crippen LogP contribution in [0, 0.1) is 5.92 Å². The lowest BCUT2D eigenvalue weighted by Crippen LogP contribution is -2.35. The number of pyridine rings is 1. The molecule has 112 valence electrons. The summed E-state index contributed by atoms with van der Waals surface area (Å²) in [4.78, 5) is 7.14. The minimum absolute atomic E-state index is 0.440. The van der Waals surface area contributed by atoms with Crippen molar-refractivity contribution < 1.29 is 0 Å². The van der Waals surface area contributed by atoms with E-state index in [9.17, 15) is 0 Å². The summed E-state index contributed by atoms with van der Waals surface area (Å²) in [6.45, 7) is 5.61. The zero-order valence-corrected chi connectivity index (χ0v) is 14.2. The molecular formula is C16H26BrN3. The van der Waals surface area contributed by atoms with Crippen LogP contribution in [-0.2, 0) is 0 Å². The van der Waals surface area contributed by atoms with Crippen molar-refractivity contribution in [2.45, 2.75) is 38.6 Å². The third-order valence-corrected chi connectivity index (χ3v) is 4.61. The summed E-state index contributed by atoms with van der Waals surface area (Å²) in [5.41, 5.74) is 1.21. The van der Waals surface area contributed by atoms with Crippen molar-refractivity contribution in [2.75, 3.05) is 26.7 Å². The van der Waals surface area contributed by atoms with E-state index in [0.29, 0.717) is 12.0 Å². The van der Waals surface area contributed by atoms with Gasteiger partial charge in [0.2, 0.25) is 0 Å². The lowest BCUT2D eigenvalue weighted by atomic mass is 9.92. The van der Waals surface area contributed by atoms with E-state index in [1.54, 1.807) is 0 Å². The second-order valence-electron chi connectivity index (χ2n) is 5.79. The highest BCUT2D eigenvalue weighted by atomic mass is 79.9. The second-order valence-corrected chi connectivity index (χ2v) is 6.70. The summed E-state index contributed by atoms with van der Waals surface area (Å²) < 4.78 is 1.05. The van der Waals surface area contributed by atoms with Crippen LogP contribution in [0.5, 0.6) is 0 Å². The van der Waals surface area contributed by atoms with Gasteiger partial charge in [0.25, 0.3) is 0 Å². The molecule has 1 saturated heterocycles. The molecule has 0 amide bonds. The molecule has 0 spiro atoms. The fourth-order valence-corrected chi connectivity index (χ4v) is 3.37. The molecule has 0 aromatic carbocycles. The number of likely N-dealkylation sites (tertiary alicyclic amines) is 1. The smallest absolute Gasteiger partial charge is 0.0579 e. The van der Waals surface area contributed by atoms with Gasteiger partial charge in [-0.05, 0) is 79.9 Å². The van der Waals surface area contributed by atoms with Gasteiger partial charge < -0.3 is 5.32 Å². The van der Waals surface area contributed by atoms with Gasteiger partial charge in [0, 0.05) is 10.7 Å². The molecule has 20 heavy (non-hydrogen) atoms. The molecule has 2 atom stereocenters. The Balaban J connectivity index is 2.14. The molecule has 0 aliphatic carbocycles. The number of hydrogen-bond donors (Lipinski definition) is 1. The summed E-state index contributed by atoms with van der Waals surface area (Å²) in [6, 6.07) is 4.72. The predicted molar refractivity (Wildman–Crippen MR) is 87.8 cm³/mol. The van der Waals surface area contributed by atoms with Crippen LogP contribution in [0.15, 0.2) is 22.8 Å². The first-order chi connectivity index (χ1) is 9.72. The van der Waals surface area contributed by atoms with Crippen molar-refractivity contribution in [2.24, 2.45) is 5.92 Å². The van der Waals surface area contributed by atoms with Gasteiger partial charge in [-0.1, -0.05) is 13.3 Å². The third kappa shape index (κ3) is 4.27. The number of halogens is 1. The molecule has 2 unspecified atom stereocenters. The van der Waals surface area contributed by atoms with Gasteiger partial charge >= 0.3 is 0 Å². The Morgan fingerprint density at radius 1 is 1.40 bits per heavy atom. The summed E-state index contributed by atoms with van der Waals surface area (Å²) in [7, 11) is 2.24. The van der Waals surface area contributed by atoms with Crippen molar-refractivity contribution in [3.05, 3.63) is 28.5 Å². The molecule has 1 aliphatic heterocycles. The molecule has 0 radical (unpaired) electrons. The van der Waals surface area contributed by atoms with E-state index in [-0.39, 0.29) is 0 Å². The van der Waals surface area contributed by atoms with Crippen LogP contribution < -0.4 is 5.32 Å². The van der Waals surface area contributed by atoms with Gasteiger partial charge in [-0.15, -0.1) is 0 Å². The van der Waals surface area contributed by atoms with Crippen molar-refractivity contribution in [1.29, 1.82) is 0 Å². The first kappa shape index (κ1) is 15.9. The Labute approximate surface area is 131 Å². The molecule has 0 saturated carbocycles. The van der Waals surface area contributed by atoms with Crippen LogP contribution in [-0.4, -0.2) is 36.6 Å². The first-order valence-corrected chi connectivity index (χ1v) is 8.54. The van der Waals surface area contributed by atoms with E-state index in [1.807, 2.05) is 6.20 Å². The van der Waals surface area contributed by atoms with Crippen molar-refractivity contribution in [1.82, 2.24) is 15.2 Å². The maximum atomic E-state index is 4.66. The van der Waals surface area contributed by atoms with E-state index < -0.39 is 0 Å². The average molecular weight is 340 g/mol. The molecule has 2 rings (SSSR count). The highest BCUT2D eigenvalue weighted by molar-refractivity contribution is 9.10. The van der Waals surface area contributed by atoms with Gasteiger partial charge in [-0.3, -0.25) is 9.88 Å². The number of nitrogens with one attached hydrogen (secondary N) is 1. The van der Waals surface area contributed by atoms with Crippen molar-refractivity contribution in [3.8, 4) is 0 Å². The maximum absolute atomic E-state index is 4.66. The molecule has 1 fully saturated rings. The molecule has 0 bridgehead atoms. The van der Waals surface area contributed by atoms with Crippen LogP contribution in [0.4, 0.5) is 0 Å². The zero-order valence-electron chi connectivity index (χ0n) is 12.6. The standard InChI is InChI=1S/C16H26BrN3/c1-3-9-18-11-13-6-4-5-10-20(2)16(13)15-8-7-14(17)12-19-15/h7-8,12-13,16,18H,3-6,9-11H2,1-2H3. The molecule has 1 N–H and O–H groups in total. The quantitative estimate of drug-likeness (QED) is 0.830. The average Bonchev–Trinajstić information content (AvgIpc) is 2.62. The highest BCUT2D eigenvalue weighted by Gasteiger charge is 2.29. The van der Waals surface area contributed by atoms with E-state index in [0.717, 1.165) is 17.6 Å². The van der Waals surface area contributed by atoms with Crippen LogP contribution in [0.25, 0.3) is 0 Å². The maximum Gasteiger partial charge on any atom is 0.0579 e. The Hall–Kier alpha value is -0.450. The van der Waals surface area contributed by atoms with Crippen LogP contribution in [0.3, 0.4) is 0 Å². The van der Waals surface area contributed by atoms with Gasteiger partial charge in [0.05, 0.1) is 11.7 Å². The van der Waals surface area contributed by atoms with Crippen molar-refractivity contribution >= 4 is 15.9 Å². The Bertz CT molecular complexity index is 393. The number of nitrogens with zero attached hydrogens (tertiary/aromatic N) is 2. The fraction of sp³-hybridized carbons (Fsp3) is 0.688. The topological polar surface area (TPSA) is 28.2 Å². The van der Waals surface area contributed by atoms with Crippen molar-refractivity contribution in [3.63, 3.8) is 0 Å². The summed E-state index contributed by atoms with van der Waals surface area (Å²) >= 11 is 3.48. The number of hydrogen-bond acceptors (Lipinski definition) is 3. The summed E-state index contributed by atoms with van der Waals surface area (Å²) in [5, 5.41) is 3.60. The lowest BCUT2D eigenvalue weighted by molar-refractivity contribution is 0.185. The SMILES string of the molecule is CCCNCC1CCCCN(C)C1c1ccc(Br)cn1. The molecule has 1 aromatic heterocycles. The Morgan fingerprint density at radius 3 is 2.95 bits per heavy atom.